The number of hydrogen-bond acceptors (Lipinski definition) is 3. The molecule has 1 aliphatic rings. The van der Waals surface area contributed by atoms with E-state index in [9.17, 15) is 4.39 Å². The van der Waals surface area contributed by atoms with E-state index in [0.29, 0.717) is 12.2 Å². The lowest BCUT2D eigenvalue weighted by Crippen LogP contribution is -2.34. The van der Waals surface area contributed by atoms with Crippen molar-refractivity contribution in [3.63, 3.8) is 0 Å². The molecular weight excluding hydrogens is 243 g/mol. The fourth-order valence-corrected chi connectivity index (χ4v) is 2.67. The highest BCUT2D eigenvalue weighted by atomic mass is 19.1. The minimum absolute atomic E-state index is 0.161. The number of likely N-dealkylation sites (N-methyl/N-ethyl adjacent to an activating group) is 1. The van der Waals surface area contributed by atoms with E-state index in [0.717, 1.165) is 31.6 Å². The third kappa shape index (κ3) is 3.67. The molecule has 1 aromatic carbocycles. The Morgan fingerprint density at radius 3 is 2.95 bits per heavy atom. The van der Waals surface area contributed by atoms with Crippen LogP contribution in [0.25, 0.3) is 0 Å². The van der Waals surface area contributed by atoms with Crippen molar-refractivity contribution < 1.29 is 9.13 Å². The van der Waals surface area contributed by atoms with Crippen molar-refractivity contribution in [2.24, 2.45) is 0 Å². The topological polar surface area (TPSA) is 24.5 Å². The van der Waals surface area contributed by atoms with Gasteiger partial charge in [-0.2, -0.15) is 0 Å². The first-order chi connectivity index (χ1) is 9.22. The van der Waals surface area contributed by atoms with Crippen LogP contribution in [-0.4, -0.2) is 33.4 Å². The predicted octanol–water partition coefficient (Wildman–Crippen LogP) is 2.55. The fourth-order valence-electron chi connectivity index (χ4n) is 2.67. The van der Waals surface area contributed by atoms with E-state index in [1.807, 2.05) is 25.1 Å². The molecule has 0 bridgehead atoms. The van der Waals surface area contributed by atoms with Gasteiger partial charge in [-0.05, 0) is 37.9 Å². The van der Waals surface area contributed by atoms with Gasteiger partial charge in [-0.3, -0.25) is 0 Å². The summed E-state index contributed by atoms with van der Waals surface area (Å²) in [7, 11) is 3.81. The molecule has 1 fully saturated rings. The second-order valence-electron chi connectivity index (χ2n) is 5.15. The van der Waals surface area contributed by atoms with Gasteiger partial charge in [-0.25, -0.2) is 4.39 Å². The summed E-state index contributed by atoms with van der Waals surface area (Å²) in [6.45, 7) is 2.25. The number of benzene rings is 1. The highest BCUT2D eigenvalue weighted by Gasteiger charge is 2.19. The number of rotatable bonds is 5. The molecule has 3 nitrogen and oxygen atoms in total. The normalized spacial score (nSPS) is 19.4. The molecule has 1 N–H and O–H groups in total. The van der Waals surface area contributed by atoms with Crippen molar-refractivity contribution >= 4 is 5.69 Å². The lowest BCUT2D eigenvalue weighted by Gasteiger charge is -2.30. The molecule has 1 aromatic rings. The van der Waals surface area contributed by atoms with Crippen LogP contribution in [0.2, 0.25) is 0 Å². The van der Waals surface area contributed by atoms with Crippen LogP contribution in [0.15, 0.2) is 18.2 Å². The average Bonchev–Trinajstić information content (AvgIpc) is 2.40. The summed E-state index contributed by atoms with van der Waals surface area (Å²) < 4.78 is 19.8. The largest absolute Gasteiger partial charge is 0.376 e. The summed E-state index contributed by atoms with van der Waals surface area (Å²) in [5, 5.41) is 3.09. The minimum atomic E-state index is -0.161. The summed E-state index contributed by atoms with van der Waals surface area (Å²) in [5.74, 6) is -0.161. The molecule has 0 amide bonds. The molecule has 0 saturated carbocycles. The molecule has 0 aromatic heterocycles. The van der Waals surface area contributed by atoms with Gasteiger partial charge in [0.2, 0.25) is 0 Å². The van der Waals surface area contributed by atoms with Crippen LogP contribution in [0.3, 0.4) is 0 Å². The number of anilines is 1. The summed E-state index contributed by atoms with van der Waals surface area (Å²) in [5.41, 5.74) is 1.67. The van der Waals surface area contributed by atoms with Crippen molar-refractivity contribution in [3.8, 4) is 0 Å². The van der Waals surface area contributed by atoms with Gasteiger partial charge in [-0.15, -0.1) is 0 Å². The second kappa shape index (κ2) is 6.87. The Morgan fingerprint density at radius 1 is 1.42 bits per heavy atom. The maximum atomic E-state index is 14.1. The van der Waals surface area contributed by atoms with Crippen molar-refractivity contribution in [1.29, 1.82) is 0 Å². The van der Waals surface area contributed by atoms with Crippen LogP contribution in [-0.2, 0) is 11.3 Å². The second-order valence-corrected chi connectivity index (χ2v) is 5.15. The van der Waals surface area contributed by atoms with Crippen molar-refractivity contribution in [3.05, 3.63) is 29.6 Å². The molecule has 1 atom stereocenters. The standard InChI is InChI=1S/C15H23FN2O/c1-17-10-12-6-5-8-14(16)15(12)18(2)11-13-7-3-4-9-19-13/h5-6,8,13,17H,3-4,7,9-11H2,1-2H3. The number of halogens is 1. The predicted molar refractivity (Wildman–Crippen MR) is 76.0 cm³/mol. The molecular formula is C15H23FN2O. The van der Waals surface area contributed by atoms with Crippen LogP contribution in [0.5, 0.6) is 0 Å². The van der Waals surface area contributed by atoms with E-state index in [4.69, 9.17) is 4.74 Å². The van der Waals surface area contributed by atoms with Crippen molar-refractivity contribution in [2.75, 3.05) is 32.1 Å². The van der Waals surface area contributed by atoms with E-state index >= 15 is 0 Å². The monoisotopic (exact) mass is 266 g/mol. The molecule has 4 heteroatoms. The van der Waals surface area contributed by atoms with Gasteiger partial charge >= 0.3 is 0 Å². The van der Waals surface area contributed by atoms with Crippen molar-refractivity contribution in [1.82, 2.24) is 5.32 Å². The smallest absolute Gasteiger partial charge is 0.146 e. The van der Waals surface area contributed by atoms with E-state index in [1.54, 1.807) is 6.07 Å². The van der Waals surface area contributed by atoms with Gasteiger partial charge < -0.3 is 15.0 Å². The summed E-state index contributed by atoms with van der Waals surface area (Å²) in [6.07, 6.45) is 3.64. The molecule has 1 heterocycles. The molecule has 0 aliphatic carbocycles. The van der Waals surface area contributed by atoms with Gasteiger partial charge in [0.25, 0.3) is 0 Å². The number of nitrogens with one attached hydrogen (secondary N) is 1. The Labute approximate surface area is 114 Å². The van der Waals surface area contributed by atoms with Gasteiger partial charge in [0.15, 0.2) is 0 Å². The van der Waals surface area contributed by atoms with Gasteiger partial charge in [0, 0.05) is 26.7 Å². The first kappa shape index (κ1) is 14.3. The lowest BCUT2D eigenvalue weighted by atomic mass is 10.1. The number of para-hydroxylation sites is 1. The first-order valence-electron chi connectivity index (χ1n) is 6.97. The van der Waals surface area contributed by atoms with Crippen LogP contribution in [0, 0.1) is 5.82 Å². The minimum Gasteiger partial charge on any atom is -0.376 e. The fraction of sp³-hybridized carbons (Fsp3) is 0.600. The van der Waals surface area contributed by atoms with Gasteiger partial charge in [0.1, 0.15) is 5.82 Å². The Kier molecular flexibility index (Phi) is 5.16. The zero-order valence-electron chi connectivity index (χ0n) is 11.8. The molecule has 1 saturated heterocycles. The zero-order valence-corrected chi connectivity index (χ0v) is 11.8. The van der Waals surface area contributed by atoms with Gasteiger partial charge in [-0.1, -0.05) is 12.1 Å². The van der Waals surface area contributed by atoms with E-state index < -0.39 is 0 Å². The van der Waals surface area contributed by atoms with E-state index in [2.05, 4.69) is 5.32 Å². The van der Waals surface area contributed by atoms with Crippen LogP contribution < -0.4 is 10.2 Å². The van der Waals surface area contributed by atoms with E-state index in [-0.39, 0.29) is 11.9 Å². The van der Waals surface area contributed by atoms with Crippen molar-refractivity contribution in [2.45, 2.75) is 31.9 Å². The average molecular weight is 266 g/mol. The number of nitrogens with zero attached hydrogens (tertiary/aromatic N) is 1. The Bertz CT molecular complexity index is 405. The molecule has 19 heavy (non-hydrogen) atoms. The molecule has 1 aliphatic heterocycles. The number of hydrogen-bond donors (Lipinski definition) is 1. The van der Waals surface area contributed by atoms with Gasteiger partial charge in [0.05, 0.1) is 11.8 Å². The lowest BCUT2D eigenvalue weighted by molar-refractivity contribution is 0.0215. The highest BCUT2D eigenvalue weighted by Crippen LogP contribution is 2.25. The third-order valence-electron chi connectivity index (χ3n) is 3.57. The SMILES string of the molecule is CNCc1cccc(F)c1N(C)CC1CCCCO1. The molecule has 2 rings (SSSR count). The Morgan fingerprint density at radius 2 is 2.26 bits per heavy atom. The molecule has 0 spiro atoms. The first-order valence-corrected chi connectivity index (χ1v) is 6.97. The number of ether oxygens (including phenoxy) is 1. The quantitative estimate of drug-likeness (QED) is 0.886. The Balaban J connectivity index is 2.10. The third-order valence-corrected chi connectivity index (χ3v) is 3.57. The Hall–Kier alpha value is -1.13. The summed E-state index contributed by atoms with van der Waals surface area (Å²) >= 11 is 0. The van der Waals surface area contributed by atoms with Crippen LogP contribution >= 0.6 is 0 Å². The van der Waals surface area contributed by atoms with Crippen LogP contribution in [0.1, 0.15) is 24.8 Å². The van der Waals surface area contributed by atoms with Crippen LogP contribution in [0.4, 0.5) is 10.1 Å². The molecule has 106 valence electrons. The summed E-state index contributed by atoms with van der Waals surface area (Å²) in [6, 6.07) is 5.25. The molecule has 1 unspecified atom stereocenters. The molecule has 0 radical (unpaired) electrons. The highest BCUT2D eigenvalue weighted by molar-refractivity contribution is 5.54. The summed E-state index contributed by atoms with van der Waals surface area (Å²) in [4.78, 5) is 1.98. The van der Waals surface area contributed by atoms with E-state index in [1.165, 1.54) is 12.5 Å². The maximum absolute atomic E-state index is 14.1. The zero-order chi connectivity index (χ0) is 13.7. The maximum Gasteiger partial charge on any atom is 0.146 e.